The summed E-state index contributed by atoms with van der Waals surface area (Å²) < 4.78 is 0. The van der Waals surface area contributed by atoms with Gasteiger partial charge in [0, 0.05) is 16.2 Å². The number of nitrogen functional groups attached to an aromatic ring is 1. The zero-order valence-electron chi connectivity index (χ0n) is 12.1. The fourth-order valence-corrected chi connectivity index (χ4v) is 3.08. The summed E-state index contributed by atoms with van der Waals surface area (Å²) in [5.41, 5.74) is 10.8. The fraction of sp³-hybridized carbons (Fsp3) is 0.0588. The molecule has 4 N–H and O–H groups in total. The number of nitrogens with one attached hydrogen (secondary N) is 2. The Labute approximate surface area is 139 Å². The number of hydrogen-bond donors (Lipinski definition) is 3. The number of aromatic nitrogens is 3. The van der Waals surface area contributed by atoms with E-state index in [0.717, 1.165) is 27.3 Å². The van der Waals surface area contributed by atoms with Gasteiger partial charge in [0.25, 0.3) is 5.56 Å². The first kappa shape index (κ1) is 14.0. The Bertz CT molecular complexity index is 1100. The van der Waals surface area contributed by atoms with E-state index in [2.05, 4.69) is 30.9 Å². The van der Waals surface area contributed by atoms with Crippen LogP contribution >= 0.6 is 15.9 Å². The third-order valence-electron chi connectivity index (χ3n) is 3.89. The second-order valence-electron chi connectivity index (χ2n) is 5.36. The standard InChI is InChI=1S/C17H13BrN4O/c18-8-9-5-6-11-10(7-9)14(19)15(20-11)16-17(23)22-13-4-2-1-3-12(13)21-16/h1-7,20H,8,19H2,(H,22,23). The predicted molar refractivity (Wildman–Crippen MR) is 96.7 cm³/mol. The minimum absolute atomic E-state index is 0.261. The molecular formula is C17H13BrN4O. The van der Waals surface area contributed by atoms with Gasteiger partial charge in [-0.2, -0.15) is 0 Å². The van der Waals surface area contributed by atoms with Gasteiger partial charge in [-0.25, -0.2) is 4.98 Å². The number of nitrogens with zero attached hydrogens (tertiary/aromatic N) is 1. The largest absolute Gasteiger partial charge is 0.396 e. The molecule has 4 aromatic rings. The van der Waals surface area contributed by atoms with E-state index >= 15 is 0 Å². The molecule has 0 aliphatic rings. The molecule has 0 radical (unpaired) electrons. The van der Waals surface area contributed by atoms with Crippen LogP contribution in [0.15, 0.2) is 47.3 Å². The molecule has 0 aliphatic heterocycles. The van der Waals surface area contributed by atoms with Crippen molar-refractivity contribution in [2.75, 3.05) is 5.73 Å². The molecule has 0 saturated carbocycles. The minimum atomic E-state index is -0.261. The van der Waals surface area contributed by atoms with Gasteiger partial charge in [-0.15, -0.1) is 0 Å². The zero-order valence-corrected chi connectivity index (χ0v) is 13.6. The highest BCUT2D eigenvalue weighted by Gasteiger charge is 2.15. The van der Waals surface area contributed by atoms with Crippen molar-refractivity contribution in [2.45, 2.75) is 5.33 Å². The Kier molecular flexibility index (Phi) is 3.20. The third-order valence-corrected chi connectivity index (χ3v) is 4.54. The Balaban J connectivity index is 2.00. The number of nitrogens with two attached hydrogens (primary N) is 1. The second kappa shape index (κ2) is 5.24. The van der Waals surface area contributed by atoms with Gasteiger partial charge >= 0.3 is 0 Å². The SMILES string of the molecule is Nc1c(-c2nc3ccccc3[nH]c2=O)[nH]c2ccc(CBr)cc12. The highest BCUT2D eigenvalue weighted by Crippen LogP contribution is 2.31. The molecule has 0 aliphatic carbocycles. The van der Waals surface area contributed by atoms with Crippen LogP contribution in [-0.4, -0.2) is 15.0 Å². The number of para-hydroxylation sites is 2. The number of benzene rings is 2. The van der Waals surface area contributed by atoms with Crippen LogP contribution in [0, 0.1) is 0 Å². The maximum atomic E-state index is 12.4. The van der Waals surface area contributed by atoms with Crippen molar-refractivity contribution in [3.63, 3.8) is 0 Å². The quantitative estimate of drug-likeness (QED) is 0.472. The predicted octanol–water partition coefficient (Wildman–Crippen LogP) is 3.55. The molecule has 0 saturated heterocycles. The first-order valence-corrected chi connectivity index (χ1v) is 8.25. The summed E-state index contributed by atoms with van der Waals surface area (Å²) >= 11 is 3.44. The number of halogens is 1. The second-order valence-corrected chi connectivity index (χ2v) is 5.92. The molecule has 0 amide bonds. The molecule has 2 heterocycles. The van der Waals surface area contributed by atoms with Crippen LogP contribution in [0.2, 0.25) is 0 Å². The van der Waals surface area contributed by atoms with Gasteiger partial charge in [-0.05, 0) is 29.8 Å². The molecule has 23 heavy (non-hydrogen) atoms. The summed E-state index contributed by atoms with van der Waals surface area (Å²) in [6.07, 6.45) is 0. The van der Waals surface area contributed by atoms with Gasteiger partial charge in [0.2, 0.25) is 0 Å². The molecule has 6 heteroatoms. The Hall–Kier alpha value is -2.60. The lowest BCUT2D eigenvalue weighted by Gasteiger charge is -2.02. The maximum absolute atomic E-state index is 12.4. The topological polar surface area (TPSA) is 87.6 Å². The third kappa shape index (κ3) is 2.22. The lowest BCUT2D eigenvalue weighted by molar-refractivity contribution is 1.20. The van der Waals surface area contributed by atoms with Crippen LogP contribution in [0.1, 0.15) is 5.56 Å². The Morgan fingerprint density at radius 2 is 1.91 bits per heavy atom. The fourth-order valence-electron chi connectivity index (χ4n) is 2.73. The smallest absolute Gasteiger partial charge is 0.276 e. The van der Waals surface area contributed by atoms with Gasteiger partial charge < -0.3 is 15.7 Å². The number of alkyl halides is 1. The summed E-state index contributed by atoms with van der Waals surface area (Å²) in [6, 6.07) is 13.4. The van der Waals surface area contributed by atoms with Gasteiger partial charge in [-0.1, -0.05) is 34.1 Å². The highest BCUT2D eigenvalue weighted by atomic mass is 79.9. The monoisotopic (exact) mass is 368 g/mol. The molecule has 2 aromatic carbocycles. The molecule has 5 nitrogen and oxygen atoms in total. The molecule has 0 atom stereocenters. The minimum Gasteiger partial charge on any atom is -0.396 e. The van der Waals surface area contributed by atoms with Crippen molar-refractivity contribution < 1.29 is 0 Å². The van der Waals surface area contributed by atoms with Gasteiger partial charge in [0.05, 0.1) is 22.4 Å². The summed E-state index contributed by atoms with van der Waals surface area (Å²) in [4.78, 5) is 22.9. The highest BCUT2D eigenvalue weighted by molar-refractivity contribution is 9.08. The normalized spacial score (nSPS) is 11.3. The van der Waals surface area contributed by atoms with E-state index in [1.54, 1.807) is 0 Å². The number of rotatable bonds is 2. The lowest BCUT2D eigenvalue weighted by Crippen LogP contribution is -2.12. The molecule has 0 spiro atoms. The van der Waals surface area contributed by atoms with E-state index in [1.807, 2.05) is 42.5 Å². The van der Waals surface area contributed by atoms with E-state index in [1.165, 1.54) is 0 Å². The van der Waals surface area contributed by atoms with Crippen LogP contribution < -0.4 is 11.3 Å². The zero-order chi connectivity index (χ0) is 16.0. The number of aromatic amines is 2. The molecule has 0 fully saturated rings. The molecule has 4 rings (SSSR count). The van der Waals surface area contributed by atoms with Gasteiger partial charge in [0.15, 0.2) is 5.69 Å². The molecule has 0 unspecified atom stereocenters. The van der Waals surface area contributed by atoms with E-state index in [4.69, 9.17) is 5.73 Å². The van der Waals surface area contributed by atoms with Crippen molar-refractivity contribution >= 4 is 43.6 Å². The number of hydrogen-bond acceptors (Lipinski definition) is 3. The summed E-state index contributed by atoms with van der Waals surface area (Å²) in [5.74, 6) is 0. The summed E-state index contributed by atoms with van der Waals surface area (Å²) in [6.45, 7) is 0. The van der Waals surface area contributed by atoms with Crippen molar-refractivity contribution in [1.29, 1.82) is 0 Å². The van der Waals surface area contributed by atoms with Crippen LogP contribution in [-0.2, 0) is 5.33 Å². The van der Waals surface area contributed by atoms with E-state index < -0.39 is 0 Å². The van der Waals surface area contributed by atoms with E-state index in [0.29, 0.717) is 22.6 Å². The number of anilines is 1. The summed E-state index contributed by atoms with van der Waals surface area (Å²) in [7, 11) is 0. The van der Waals surface area contributed by atoms with Crippen molar-refractivity contribution in [2.24, 2.45) is 0 Å². The molecule has 0 bridgehead atoms. The lowest BCUT2D eigenvalue weighted by atomic mass is 10.1. The van der Waals surface area contributed by atoms with Crippen LogP contribution in [0.25, 0.3) is 33.3 Å². The van der Waals surface area contributed by atoms with Crippen molar-refractivity contribution in [1.82, 2.24) is 15.0 Å². The maximum Gasteiger partial charge on any atom is 0.276 e. The van der Waals surface area contributed by atoms with E-state index in [9.17, 15) is 4.79 Å². The average Bonchev–Trinajstić information content (AvgIpc) is 2.90. The van der Waals surface area contributed by atoms with Crippen LogP contribution in [0.3, 0.4) is 0 Å². The number of fused-ring (bicyclic) bond motifs is 2. The van der Waals surface area contributed by atoms with Crippen LogP contribution in [0.5, 0.6) is 0 Å². The molecule has 2 aromatic heterocycles. The van der Waals surface area contributed by atoms with Crippen LogP contribution in [0.4, 0.5) is 5.69 Å². The van der Waals surface area contributed by atoms with E-state index in [-0.39, 0.29) is 5.56 Å². The van der Waals surface area contributed by atoms with Crippen molar-refractivity contribution in [3.05, 3.63) is 58.4 Å². The Morgan fingerprint density at radius 3 is 2.74 bits per heavy atom. The average molecular weight is 369 g/mol. The first-order chi connectivity index (χ1) is 11.2. The first-order valence-electron chi connectivity index (χ1n) is 7.13. The Morgan fingerprint density at radius 1 is 1.09 bits per heavy atom. The van der Waals surface area contributed by atoms with Gasteiger partial charge in [-0.3, -0.25) is 4.79 Å². The molecule has 114 valence electrons. The summed E-state index contributed by atoms with van der Waals surface area (Å²) in [5, 5.41) is 1.64. The molecular weight excluding hydrogens is 356 g/mol. The van der Waals surface area contributed by atoms with Gasteiger partial charge in [0.1, 0.15) is 0 Å². The van der Waals surface area contributed by atoms with Crippen molar-refractivity contribution in [3.8, 4) is 11.4 Å². The number of H-pyrrole nitrogens is 2.